The maximum atomic E-state index is 10.8. The summed E-state index contributed by atoms with van der Waals surface area (Å²) >= 11 is 5.25. The third kappa shape index (κ3) is 3.20. The van der Waals surface area contributed by atoms with Crippen molar-refractivity contribution in [3.63, 3.8) is 0 Å². The predicted octanol–water partition coefficient (Wildman–Crippen LogP) is 2.95. The van der Waals surface area contributed by atoms with E-state index in [0.717, 1.165) is 11.3 Å². The van der Waals surface area contributed by atoms with Crippen molar-refractivity contribution in [3.8, 4) is 0 Å². The number of nitro groups is 1. The zero-order chi connectivity index (χ0) is 12.3. The van der Waals surface area contributed by atoms with Crippen molar-refractivity contribution in [2.75, 3.05) is 11.5 Å². The number of rotatable bonds is 4. The Morgan fingerprint density at radius 3 is 3.06 bits per heavy atom. The van der Waals surface area contributed by atoms with Gasteiger partial charge in [-0.1, -0.05) is 12.1 Å². The Labute approximate surface area is 112 Å². The van der Waals surface area contributed by atoms with E-state index in [2.05, 4.69) is 21.2 Å². The van der Waals surface area contributed by atoms with Gasteiger partial charge in [0.15, 0.2) is 0 Å². The number of halogens is 1. The maximum Gasteiger partial charge on any atom is 0.283 e. The molecular weight excluding hydrogens is 304 g/mol. The van der Waals surface area contributed by atoms with Gasteiger partial charge in [-0.05, 0) is 33.7 Å². The SMILES string of the molecule is O=[N+]([O-])c1cccc(CNC2CCSC2)c1Br. The highest BCUT2D eigenvalue weighted by atomic mass is 79.9. The van der Waals surface area contributed by atoms with Gasteiger partial charge in [-0.3, -0.25) is 10.1 Å². The molecule has 1 heterocycles. The molecule has 1 aliphatic rings. The van der Waals surface area contributed by atoms with Gasteiger partial charge in [0.05, 0.1) is 9.40 Å². The maximum absolute atomic E-state index is 10.8. The van der Waals surface area contributed by atoms with Crippen LogP contribution in [0.1, 0.15) is 12.0 Å². The summed E-state index contributed by atoms with van der Waals surface area (Å²) in [6.45, 7) is 0.674. The number of thioether (sulfide) groups is 1. The first-order valence-corrected chi connectivity index (χ1v) is 7.36. The van der Waals surface area contributed by atoms with Gasteiger partial charge in [-0.15, -0.1) is 0 Å². The van der Waals surface area contributed by atoms with Crippen LogP contribution in [0.3, 0.4) is 0 Å². The third-order valence-corrected chi connectivity index (χ3v) is 4.84. The van der Waals surface area contributed by atoms with Crippen LogP contribution in [0.4, 0.5) is 5.69 Å². The minimum atomic E-state index is -0.362. The first-order chi connectivity index (χ1) is 8.18. The summed E-state index contributed by atoms with van der Waals surface area (Å²) in [6, 6.07) is 5.68. The van der Waals surface area contributed by atoms with E-state index in [1.165, 1.54) is 18.2 Å². The van der Waals surface area contributed by atoms with E-state index in [0.29, 0.717) is 17.1 Å². The van der Waals surface area contributed by atoms with E-state index in [9.17, 15) is 10.1 Å². The fourth-order valence-electron chi connectivity index (χ4n) is 1.79. The fourth-order valence-corrected chi connectivity index (χ4v) is 3.53. The third-order valence-electron chi connectivity index (χ3n) is 2.77. The molecule has 0 spiro atoms. The van der Waals surface area contributed by atoms with Crippen molar-refractivity contribution in [2.24, 2.45) is 0 Å². The highest BCUT2D eigenvalue weighted by Crippen LogP contribution is 2.28. The van der Waals surface area contributed by atoms with Gasteiger partial charge in [0.25, 0.3) is 5.69 Å². The average molecular weight is 317 g/mol. The number of benzene rings is 1. The summed E-state index contributed by atoms with van der Waals surface area (Å²) < 4.78 is 0.586. The second kappa shape index (κ2) is 5.84. The van der Waals surface area contributed by atoms with Crippen molar-refractivity contribution < 1.29 is 4.92 Å². The van der Waals surface area contributed by atoms with E-state index < -0.39 is 0 Å². The largest absolute Gasteiger partial charge is 0.309 e. The Balaban J connectivity index is 2.04. The van der Waals surface area contributed by atoms with Crippen LogP contribution >= 0.6 is 27.7 Å². The molecule has 1 aromatic rings. The molecule has 2 rings (SSSR count). The molecule has 1 aromatic carbocycles. The molecule has 92 valence electrons. The molecule has 1 unspecified atom stereocenters. The molecule has 0 aromatic heterocycles. The molecule has 6 heteroatoms. The molecule has 0 bridgehead atoms. The van der Waals surface area contributed by atoms with Gasteiger partial charge in [0.2, 0.25) is 0 Å². The van der Waals surface area contributed by atoms with Crippen molar-refractivity contribution >= 4 is 33.4 Å². The van der Waals surface area contributed by atoms with Crippen LogP contribution in [0.15, 0.2) is 22.7 Å². The molecule has 0 amide bonds. The first kappa shape index (κ1) is 12.9. The monoisotopic (exact) mass is 316 g/mol. The molecule has 1 fully saturated rings. The number of nitro benzene ring substituents is 1. The van der Waals surface area contributed by atoms with E-state index >= 15 is 0 Å². The number of nitrogens with zero attached hydrogens (tertiary/aromatic N) is 1. The average Bonchev–Trinajstić information content (AvgIpc) is 2.80. The quantitative estimate of drug-likeness (QED) is 0.685. The summed E-state index contributed by atoms with van der Waals surface area (Å²) in [6.07, 6.45) is 1.18. The van der Waals surface area contributed by atoms with Gasteiger partial charge < -0.3 is 5.32 Å². The van der Waals surface area contributed by atoms with Gasteiger partial charge in [-0.25, -0.2) is 0 Å². The fraction of sp³-hybridized carbons (Fsp3) is 0.455. The van der Waals surface area contributed by atoms with Crippen LogP contribution in [0.2, 0.25) is 0 Å². The van der Waals surface area contributed by atoms with Crippen molar-refractivity contribution in [1.29, 1.82) is 0 Å². The smallest absolute Gasteiger partial charge is 0.283 e. The standard InChI is InChI=1S/C11H13BrN2O2S/c12-11-8(2-1-3-10(11)14(15)16)6-13-9-4-5-17-7-9/h1-3,9,13H,4-7H2. The van der Waals surface area contributed by atoms with Crippen LogP contribution in [0.25, 0.3) is 0 Å². The van der Waals surface area contributed by atoms with Crippen molar-refractivity contribution in [3.05, 3.63) is 38.3 Å². The lowest BCUT2D eigenvalue weighted by Gasteiger charge is -2.12. The molecule has 1 N–H and O–H groups in total. The molecule has 1 atom stereocenters. The highest BCUT2D eigenvalue weighted by molar-refractivity contribution is 9.10. The van der Waals surface area contributed by atoms with Crippen LogP contribution in [-0.4, -0.2) is 22.5 Å². The van der Waals surface area contributed by atoms with Crippen molar-refractivity contribution in [1.82, 2.24) is 5.32 Å². The summed E-state index contributed by atoms with van der Waals surface area (Å²) in [5.74, 6) is 2.33. The molecule has 0 saturated carbocycles. The predicted molar refractivity (Wildman–Crippen MR) is 73.4 cm³/mol. The Kier molecular flexibility index (Phi) is 4.42. The zero-order valence-corrected chi connectivity index (χ0v) is 11.6. The summed E-state index contributed by atoms with van der Waals surface area (Å²) in [4.78, 5) is 10.4. The molecule has 1 saturated heterocycles. The zero-order valence-electron chi connectivity index (χ0n) is 9.19. The molecule has 17 heavy (non-hydrogen) atoms. The van der Waals surface area contributed by atoms with E-state index in [1.807, 2.05) is 17.8 Å². The lowest BCUT2D eigenvalue weighted by atomic mass is 10.2. The second-order valence-corrected chi connectivity index (χ2v) is 5.89. The Morgan fingerprint density at radius 1 is 1.59 bits per heavy atom. The molecular formula is C11H13BrN2O2S. The van der Waals surface area contributed by atoms with Gasteiger partial charge >= 0.3 is 0 Å². The van der Waals surface area contributed by atoms with E-state index in [4.69, 9.17) is 0 Å². The number of hydrogen-bond donors (Lipinski definition) is 1. The lowest BCUT2D eigenvalue weighted by Crippen LogP contribution is -2.28. The van der Waals surface area contributed by atoms with Crippen LogP contribution in [0, 0.1) is 10.1 Å². The molecule has 4 nitrogen and oxygen atoms in total. The lowest BCUT2D eigenvalue weighted by molar-refractivity contribution is -0.385. The van der Waals surface area contributed by atoms with Crippen LogP contribution < -0.4 is 5.32 Å². The van der Waals surface area contributed by atoms with E-state index in [-0.39, 0.29) is 10.6 Å². The summed E-state index contributed by atoms with van der Waals surface area (Å²) in [7, 11) is 0. The van der Waals surface area contributed by atoms with E-state index in [1.54, 1.807) is 6.07 Å². The topological polar surface area (TPSA) is 55.2 Å². The molecule has 0 radical (unpaired) electrons. The summed E-state index contributed by atoms with van der Waals surface area (Å²) in [5, 5.41) is 14.2. The Morgan fingerprint density at radius 2 is 2.41 bits per heavy atom. The van der Waals surface area contributed by atoms with Crippen molar-refractivity contribution in [2.45, 2.75) is 19.0 Å². The second-order valence-electron chi connectivity index (χ2n) is 3.95. The summed E-state index contributed by atoms with van der Waals surface area (Å²) in [5.41, 5.74) is 1.07. The molecule has 0 aliphatic carbocycles. The van der Waals surface area contributed by atoms with Gasteiger partial charge in [0.1, 0.15) is 0 Å². The normalized spacial score (nSPS) is 19.5. The first-order valence-electron chi connectivity index (χ1n) is 5.41. The van der Waals surface area contributed by atoms with Crippen LogP contribution in [-0.2, 0) is 6.54 Å². The minimum Gasteiger partial charge on any atom is -0.309 e. The van der Waals surface area contributed by atoms with Gasteiger partial charge in [0, 0.05) is 24.4 Å². The minimum absolute atomic E-state index is 0.130. The van der Waals surface area contributed by atoms with Gasteiger partial charge in [-0.2, -0.15) is 11.8 Å². The molecule has 1 aliphatic heterocycles. The Bertz CT molecular complexity index is 422. The Hall–Kier alpha value is -0.590. The number of nitrogens with one attached hydrogen (secondary N) is 1. The number of hydrogen-bond acceptors (Lipinski definition) is 4. The highest BCUT2D eigenvalue weighted by Gasteiger charge is 2.17. The van der Waals surface area contributed by atoms with Crippen LogP contribution in [0.5, 0.6) is 0 Å².